The van der Waals surface area contributed by atoms with Crippen molar-refractivity contribution in [1.29, 1.82) is 0 Å². The molecule has 4 nitrogen and oxygen atoms in total. The van der Waals surface area contributed by atoms with E-state index < -0.39 is 0 Å². The molecule has 3 fully saturated rings. The Kier molecular flexibility index (Phi) is 3.54. The first kappa shape index (κ1) is 13.8. The van der Waals surface area contributed by atoms with Crippen LogP contribution in [0, 0.1) is 11.3 Å². The van der Waals surface area contributed by atoms with E-state index in [1.54, 1.807) is 6.20 Å². The summed E-state index contributed by atoms with van der Waals surface area (Å²) < 4.78 is 17.1. The van der Waals surface area contributed by atoms with E-state index in [9.17, 15) is 0 Å². The number of rotatable bonds is 5. The molecule has 0 aromatic carbocycles. The SMILES string of the molecule is c1cc(CCC2(CC3CC3)CCC3(CC2)OCCO3)on1. The summed E-state index contributed by atoms with van der Waals surface area (Å²) in [7, 11) is 0. The fraction of sp³-hybridized carbons (Fsp3) is 0.824. The first-order valence-electron chi connectivity index (χ1n) is 8.45. The number of hydrogen-bond acceptors (Lipinski definition) is 4. The lowest BCUT2D eigenvalue weighted by atomic mass is 9.66. The zero-order valence-corrected chi connectivity index (χ0v) is 12.7. The van der Waals surface area contributed by atoms with Crippen molar-refractivity contribution in [2.45, 2.75) is 63.6 Å². The van der Waals surface area contributed by atoms with E-state index in [4.69, 9.17) is 14.0 Å². The topological polar surface area (TPSA) is 44.5 Å². The van der Waals surface area contributed by atoms with E-state index in [1.807, 2.05) is 6.07 Å². The minimum Gasteiger partial charge on any atom is -0.361 e. The van der Waals surface area contributed by atoms with Crippen LogP contribution < -0.4 is 0 Å². The third-order valence-corrected chi connectivity index (χ3v) is 5.70. The average molecular weight is 291 g/mol. The predicted molar refractivity (Wildman–Crippen MR) is 77.7 cm³/mol. The fourth-order valence-corrected chi connectivity index (χ4v) is 4.20. The van der Waals surface area contributed by atoms with Gasteiger partial charge in [0.2, 0.25) is 0 Å². The number of hydrogen-bond donors (Lipinski definition) is 0. The molecule has 4 heteroatoms. The van der Waals surface area contributed by atoms with E-state index >= 15 is 0 Å². The molecular formula is C17H25NO3. The Morgan fingerprint density at radius 1 is 1.10 bits per heavy atom. The highest BCUT2D eigenvalue weighted by Gasteiger charge is 2.47. The van der Waals surface area contributed by atoms with Crippen molar-refractivity contribution in [2.24, 2.45) is 11.3 Å². The second-order valence-electron chi connectivity index (χ2n) is 7.23. The third kappa shape index (κ3) is 3.02. The molecule has 0 bridgehead atoms. The maximum Gasteiger partial charge on any atom is 0.168 e. The van der Waals surface area contributed by atoms with Crippen LogP contribution in [-0.4, -0.2) is 24.2 Å². The van der Waals surface area contributed by atoms with Gasteiger partial charge < -0.3 is 14.0 Å². The molecule has 1 spiro atoms. The van der Waals surface area contributed by atoms with Crippen LogP contribution >= 0.6 is 0 Å². The molecule has 1 aromatic heterocycles. The molecule has 2 saturated carbocycles. The van der Waals surface area contributed by atoms with Gasteiger partial charge in [0.15, 0.2) is 5.79 Å². The van der Waals surface area contributed by atoms with Gasteiger partial charge in [-0.25, -0.2) is 0 Å². The van der Waals surface area contributed by atoms with Crippen LogP contribution in [0.5, 0.6) is 0 Å². The first-order chi connectivity index (χ1) is 10.3. The molecule has 0 N–H and O–H groups in total. The molecular weight excluding hydrogens is 266 g/mol. The van der Waals surface area contributed by atoms with E-state index in [0.29, 0.717) is 5.41 Å². The van der Waals surface area contributed by atoms with Gasteiger partial charge in [0.25, 0.3) is 0 Å². The van der Waals surface area contributed by atoms with Gasteiger partial charge in [-0.1, -0.05) is 18.0 Å². The molecule has 116 valence electrons. The van der Waals surface area contributed by atoms with E-state index in [2.05, 4.69) is 5.16 Å². The Labute approximate surface area is 126 Å². The standard InChI is InChI=1S/C17H25NO3/c1-2-14(1)13-16(5-3-15-4-10-18-21-15)6-8-17(9-7-16)19-11-12-20-17/h4,10,14H,1-3,5-9,11-13H2. The van der Waals surface area contributed by atoms with Crippen LogP contribution in [0.25, 0.3) is 0 Å². The second-order valence-corrected chi connectivity index (χ2v) is 7.23. The van der Waals surface area contributed by atoms with Gasteiger partial charge in [0, 0.05) is 25.3 Å². The lowest BCUT2D eigenvalue weighted by Crippen LogP contribution is -2.40. The molecule has 0 unspecified atom stereocenters. The number of nitrogens with zero attached hydrogens (tertiary/aromatic N) is 1. The van der Waals surface area contributed by atoms with Crippen LogP contribution in [0.4, 0.5) is 0 Å². The summed E-state index contributed by atoms with van der Waals surface area (Å²) in [5, 5.41) is 3.82. The highest BCUT2D eigenvalue weighted by Crippen LogP contribution is 2.53. The maximum atomic E-state index is 5.89. The summed E-state index contributed by atoms with van der Waals surface area (Å²) in [6, 6.07) is 2.00. The quantitative estimate of drug-likeness (QED) is 0.829. The summed E-state index contributed by atoms with van der Waals surface area (Å²) in [5.41, 5.74) is 0.467. The summed E-state index contributed by atoms with van der Waals surface area (Å²) in [5.74, 6) is 1.76. The molecule has 1 saturated heterocycles. The Hall–Kier alpha value is -0.870. The number of ether oxygens (including phenoxy) is 2. The summed E-state index contributed by atoms with van der Waals surface area (Å²) in [4.78, 5) is 0. The van der Waals surface area contributed by atoms with Crippen molar-refractivity contribution in [2.75, 3.05) is 13.2 Å². The fourth-order valence-electron chi connectivity index (χ4n) is 4.20. The second kappa shape index (κ2) is 5.40. The number of aromatic nitrogens is 1. The summed E-state index contributed by atoms with van der Waals surface area (Å²) in [6.07, 6.45) is 12.8. The molecule has 4 rings (SSSR count). The minimum absolute atomic E-state index is 0.237. The Balaban J connectivity index is 1.41. The van der Waals surface area contributed by atoms with Gasteiger partial charge in [0.05, 0.1) is 19.4 Å². The number of aryl methyl sites for hydroxylation is 1. The van der Waals surface area contributed by atoms with Crippen LogP contribution in [-0.2, 0) is 15.9 Å². The maximum absolute atomic E-state index is 5.89. The third-order valence-electron chi connectivity index (χ3n) is 5.70. The molecule has 2 aliphatic carbocycles. The van der Waals surface area contributed by atoms with E-state index in [1.165, 1.54) is 38.5 Å². The van der Waals surface area contributed by atoms with Crippen molar-refractivity contribution in [3.8, 4) is 0 Å². The van der Waals surface area contributed by atoms with Gasteiger partial charge in [-0.05, 0) is 37.0 Å². The van der Waals surface area contributed by atoms with Crippen LogP contribution in [0.15, 0.2) is 16.8 Å². The van der Waals surface area contributed by atoms with Crippen molar-refractivity contribution >= 4 is 0 Å². The monoisotopic (exact) mass is 291 g/mol. The van der Waals surface area contributed by atoms with Crippen molar-refractivity contribution < 1.29 is 14.0 Å². The summed E-state index contributed by atoms with van der Waals surface area (Å²) in [6.45, 7) is 1.54. The zero-order valence-electron chi connectivity index (χ0n) is 12.7. The molecule has 2 heterocycles. The Bertz CT molecular complexity index is 450. The zero-order chi connectivity index (χ0) is 14.2. The van der Waals surface area contributed by atoms with Crippen LogP contribution in [0.3, 0.4) is 0 Å². The van der Waals surface area contributed by atoms with E-state index in [-0.39, 0.29) is 5.79 Å². The minimum atomic E-state index is -0.237. The largest absolute Gasteiger partial charge is 0.361 e. The van der Waals surface area contributed by atoms with Gasteiger partial charge in [0.1, 0.15) is 5.76 Å². The molecule has 0 amide bonds. The highest BCUT2D eigenvalue weighted by molar-refractivity contribution is 4.99. The average Bonchev–Trinajstić information content (AvgIpc) is 3.00. The Morgan fingerprint density at radius 3 is 2.48 bits per heavy atom. The van der Waals surface area contributed by atoms with Crippen LogP contribution in [0.1, 0.15) is 57.1 Å². The molecule has 0 atom stereocenters. The van der Waals surface area contributed by atoms with Crippen molar-refractivity contribution in [3.05, 3.63) is 18.0 Å². The molecule has 21 heavy (non-hydrogen) atoms. The van der Waals surface area contributed by atoms with Crippen molar-refractivity contribution in [1.82, 2.24) is 5.16 Å². The summed E-state index contributed by atoms with van der Waals surface area (Å²) >= 11 is 0. The Morgan fingerprint density at radius 2 is 1.86 bits per heavy atom. The molecule has 3 aliphatic rings. The highest BCUT2D eigenvalue weighted by atomic mass is 16.7. The lowest BCUT2D eigenvalue weighted by Gasteiger charge is -2.44. The normalized spacial score (nSPS) is 27.2. The lowest BCUT2D eigenvalue weighted by molar-refractivity contribution is -0.193. The molecule has 1 aliphatic heterocycles. The van der Waals surface area contributed by atoms with Crippen LogP contribution in [0.2, 0.25) is 0 Å². The smallest absolute Gasteiger partial charge is 0.168 e. The molecule has 1 aromatic rings. The molecule has 0 radical (unpaired) electrons. The predicted octanol–water partition coefficient (Wildman–Crippen LogP) is 3.71. The van der Waals surface area contributed by atoms with Crippen molar-refractivity contribution in [3.63, 3.8) is 0 Å². The van der Waals surface area contributed by atoms with Gasteiger partial charge in [-0.3, -0.25) is 0 Å². The van der Waals surface area contributed by atoms with Gasteiger partial charge in [-0.2, -0.15) is 0 Å². The van der Waals surface area contributed by atoms with E-state index in [0.717, 1.165) is 44.2 Å². The van der Waals surface area contributed by atoms with Gasteiger partial charge >= 0.3 is 0 Å². The van der Waals surface area contributed by atoms with Gasteiger partial charge in [-0.15, -0.1) is 0 Å². The first-order valence-corrected chi connectivity index (χ1v) is 8.45.